The lowest BCUT2D eigenvalue weighted by Gasteiger charge is -2.03. The van der Waals surface area contributed by atoms with Crippen LogP contribution in [0, 0.1) is 5.82 Å². The highest BCUT2D eigenvalue weighted by Gasteiger charge is 2.15. The first-order chi connectivity index (χ1) is 11.1. The second-order valence-electron chi connectivity index (χ2n) is 4.74. The molecule has 4 nitrogen and oxygen atoms in total. The van der Waals surface area contributed by atoms with Gasteiger partial charge in [-0.3, -0.25) is 4.79 Å². The van der Waals surface area contributed by atoms with Crippen LogP contribution in [0.1, 0.15) is 5.56 Å². The summed E-state index contributed by atoms with van der Waals surface area (Å²) in [6, 6.07) is 12.1. The second kappa shape index (κ2) is 6.93. The Bertz CT molecular complexity index is 805. The maximum absolute atomic E-state index is 13.5. The molecule has 1 saturated heterocycles. The number of nitrogens with one attached hydrogen (secondary N) is 1. The van der Waals surface area contributed by atoms with Crippen LogP contribution in [-0.2, 0) is 4.79 Å². The molecule has 0 spiro atoms. The van der Waals surface area contributed by atoms with E-state index in [1.165, 1.54) is 23.9 Å². The highest BCUT2D eigenvalue weighted by Crippen LogP contribution is 2.24. The molecular formula is C16H11ClFN3OS. The van der Waals surface area contributed by atoms with Crippen molar-refractivity contribution in [3.8, 4) is 11.1 Å². The van der Waals surface area contributed by atoms with Crippen molar-refractivity contribution in [1.82, 2.24) is 5.32 Å². The van der Waals surface area contributed by atoms with Gasteiger partial charge >= 0.3 is 0 Å². The summed E-state index contributed by atoms with van der Waals surface area (Å²) in [5.41, 5.74) is 2.48. The monoisotopic (exact) mass is 347 g/mol. The van der Waals surface area contributed by atoms with Gasteiger partial charge in [0.05, 0.1) is 17.0 Å². The van der Waals surface area contributed by atoms with E-state index in [4.69, 9.17) is 11.6 Å². The molecule has 1 aliphatic rings. The number of hydrogen-bond donors (Lipinski definition) is 1. The van der Waals surface area contributed by atoms with Crippen LogP contribution in [0.3, 0.4) is 0 Å². The molecule has 116 valence electrons. The van der Waals surface area contributed by atoms with E-state index in [1.807, 2.05) is 24.3 Å². The lowest BCUT2D eigenvalue weighted by molar-refractivity contribution is -0.116. The first-order valence-corrected chi connectivity index (χ1v) is 8.07. The van der Waals surface area contributed by atoms with E-state index in [0.717, 1.165) is 16.7 Å². The fourth-order valence-corrected chi connectivity index (χ4v) is 2.71. The van der Waals surface area contributed by atoms with E-state index in [0.29, 0.717) is 10.9 Å². The van der Waals surface area contributed by atoms with E-state index in [1.54, 1.807) is 12.3 Å². The number of benzene rings is 2. The van der Waals surface area contributed by atoms with E-state index in [9.17, 15) is 9.18 Å². The number of amidine groups is 1. The van der Waals surface area contributed by atoms with Crippen molar-refractivity contribution in [1.29, 1.82) is 0 Å². The summed E-state index contributed by atoms with van der Waals surface area (Å²) in [6.45, 7) is 0. The molecule has 2 aromatic carbocycles. The standard InChI is InChI=1S/C16H11ClFN3OS/c17-13-6-5-12(7-14(13)18)11-3-1-10(2-4-11)8-19-21-16-20-15(22)9-23-16/h1-8H,9H2,(H,20,21,22). The van der Waals surface area contributed by atoms with Crippen molar-refractivity contribution < 1.29 is 9.18 Å². The van der Waals surface area contributed by atoms with Crippen molar-refractivity contribution >= 4 is 40.7 Å². The molecule has 0 atom stereocenters. The van der Waals surface area contributed by atoms with E-state index in [-0.39, 0.29) is 10.9 Å². The summed E-state index contributed by atoms with van der Waals surface area (Å²) in [5.74, 6) is -0.133. The summed E-state index contributed by atoms with van der Waals surface area (Å²) >= 11 is 7.00. The first kappa shape index (κ1) is 15.7. The zero-order valence-electron chi connectivity index (χ0n) is 11.8. The van der Waals surface area contributed by atoms with Gasteiger partial charge in [0.15, 0.2) is 5.17 Å². The molecule has 0 unspecified atom stereocenters. The van der Waals surface area contributed by atoms with E-state index >= 15 is 0 Å². The number of carbonyl (C=O) groups is 1. The van der Waals surface area contributed by atoms with Crippen molar-refractivity contribution in [2.24, 2.45) is 10.2 Å². The molecule has 0 aliphatic carbocycles. The SMILES string of the molecule is O=C1CSC(=NN=Cc2ccc(-c3ccc(Cl)c(F)c3)cc2)N1. The smallest absolute Gasteiger partial charge is 0.236 e. The maximum atomic E-state index is 13.5. The molecule has 3 rings (SSSR count). The fourth-order valence-electron chi connectivity index (χ4n) is 1.96. The second-order valence-corrected chi connectivity index (χ2v) is 6.11. The minimum absolute atomic E-state index is 0.0662. The Kier molecular flexibility index (Phi) is 4.73. The third kappa shape index (κ3) is 3.97. The number of halogens is 2. The van der Waals surface area contributed by atoms with Gasteiger partial charge in [-0.05, 0) is 28.8 Å². The van der Waals surface area contributed by atoms with Crippen LogP contribution in [0.4, 0.5) is 4.39 Å². The van der Waals surface area contributed by atoms with Crippen LogP contribution < -0.4 is 5.32 Å². The van der Waals surface area contributed by atoms with E-state index in [2.05, 4.69) is 15.5 Å². The predicted octanol–water partition coefficient (Wildman–Crippen LogP) is 3.70. The number of rotatable bonds is 3. The fraction of sp³-hybridized carbons (Fsp3) is 0.0625. The highest BCUT2D eigenvalue weighted by atomic mass is 35.5. The van der Waals surface area contributed by atoms with Crippen molar-refractivity contribution in [2.75, 3.05) is 5.75 Å². The van der Waals surface area contributed by atoms with Gasteiger partial charge < -0.3 is 5.32 Å². The molecule has 0 saturated carbocycles. The van der Waals surface area contributed by atoms with Crippen molar-refractivity contribution in [2.45, 2.75) is 0 Å². The molecule has 0 bridgehead atoms. The van der Waals surface area contributed by atoms with Gasteiger partial charge in [-0.2, -0.15) is 5.10 Å². The molecule has 1 N–H and O–H groups in total. The minimum atomic E-state index is -0.443. The zero-order valence-corrected chi connectivity index (χ0v) is 13.4. The lowest BCUT2D eigenvalue weighted by atomic mass is 10.0. The number of nitrogens with zero attached hydrogens (tertiary/aromatic N) is 2. The van der Waals surface area contributed by atoms with Gasteiger partial charge in [-0.15, -0.1) is 5.10 Å². The van der Waals surface area contributed by atoms with Crippen molar-refractivity contribution in [3.63, 3.8) is 0 Å². The Labute approximate surface area is 141 Å². The molecule has 7 heteroatoms. The quantitative estimate of drug-likeness (QED) is 0.680. The summed E-state index contributed by atoms with van der Waals surface area (Å²) < 4.78 is 13.5. The van der Waals surface area contributed by atoms with Gasteiger partial charge in [0.1, 0.15) is 5.82 Å². The topological polar surface area (TPSA) is 53.8 Å². The largest absolute Gasteiger partial charge is 0.303 e. The van der Waals surface area contributed by atoms with Gasteiger partial charge in [-0.25, -0.2) is 4.39 Å². The number of carbonyl (C=O) groups excluding carboxylic acids is 1. The molecular weight excluding hydrogens is 337 g/mol. The number of thioether (sulfide) groups is 1. The Morgan fingerprint density at radius 1 is 1.17 bits per heavy atom. The van der Waals surface area contributed by atoms with Crippen LogP contribution in [0.15, 0.2) is 52.7 Å². The lowest BCUT2D eigenvalue weighted by Crippen LogP contribution is -2.19. The van der Waals surface area contributed by atoms with Gasteiger partial charge in [0, 0.05) is 0 Å². The molecule has 1 fully saturated rings. The Morgan fingerprint density at radius 3 is 2.57 bits per heavy atom. The Hall–Kier alpha value is -2.18. The normalized spacial score (nSPS) is 16.3. The molecule has 1 aliphatic heterocycles. The van der Waals surface area contributed by atoms with Crippen LogP contribution in [0.2, 0.25) is 5.02 Å². The molecule has 1 amide bonds. The molecule has 0 radical (unpaired) electrons. The summed E-state index contributed by atoms with van der Waals surface area (Å²) in [5, 5.41) is 11.1. The predicted molar refractivity (Wildman–Crippen MR) is 92.5 cm³/mol. The summed E-state index contributed by atoms with van der Waals surface area (Å²) in [4.78, 5) is 11.0. The number of amides is 1. The highest BCUT2D eigenvalue weighted by molar-refractivity contribution is 8.15. The van der Waals surface area contributed by atoms with Gasteiger partial charge in [0.25, 0.3) is 0 Å². The molecule has 2 aromatic rings. The third-order valence-corrected chi connectivity index (χ3v) is 4.28. The average Bonchev–Trinajstić information content (AvgIpc) is 2.96. The van der Waals surface area contributed by atoms with Gasteiger partial charge in [-0.1, -0.05) is 53.7 Å². The molecule has 23 heavy (non-hydrogen) atoms. The zero-order chi connectivity index (χ0) is 16.2. The number of hydrogen-bond acceptors (Lipinski definition) is 4. The molecule has 1 heterocycles. The van der Waals surface area contributed by atoms with Crippen LogP contribution in [-0.4, -0.2) is 23.0 Å². The summed E-state index contributed by atoms with van der Waals surface area (Å²) in [6.07, 6.45) is 1.59. The van der Waals surface area contributed by atoms with Crippen LogP contribution in [0.25, 0.3) is 11.1 Å². The van der Waals surface area contributed by atoms with Crippen LogP contribution in [0.5, 0.6) is 0 Å². The minimum Gasteiger partial charge on any atom is -0.303 e. The Morgan fingerprint density at radius 2 is 1.91 bits per heavy atom. The van der Waals surface area contributed by atoms with E-state index < -0.39 is 5.82 Å². The summed E-state index contributed by atoms with van der Waals surface area (Å²) in [7, 11) is 0. The van der Waals surface area contributed by atoms with Crippen molar-refractivity contribution in [3.05, 3.63) is 58.9 Å². The maximum Gasteiger partial charge on any atom is 0.236 e. The Balaban J connectivity index is 1.71. The average molecular weight is 348 g/mol. The molecule has 0 aromatic heterocycles. The first-order valence-electron chi connectivity index (χ1n) is 6.71. The van der Waals surface area contributed by atoms with Gasteiger partial charge in [0.2, 0.25) is 5.91 Å². The third-order valence-electron chi connectivity index (χ3n) is 3.11. The van der Waals surface area contributed by atoms with Crippen LogP contribution >= 0.6 is 23.4 Å².